The average Bonchev–Trinajstić information content (AvgIpc) is 2.83. The standard InChI is InChI=1S/C15H12BrFO2/c16-13-7-11(5-6-14(13)17)18-8-10-9-19-15-4-2-1-3-12(10)15/h1-7,10H,8-9H2. The Hall–Kier alpha value is -1.55. The molecule has 0 amide bonds. The molecule has 0 N–H and O–H groups in total. The molecule has 2 aromatic rings. The third-order valence-electron chi connectivity index (χ3n) is 3.14. The van der Waals surface area contributed by atoms with Crippen LogP contribution < -0.4 is 9.47 Å². The largest absolute Gasteiger partial charge is 0.493 e. The van der Waals surface area contributed by atoms with Crippen LogP contribution >= 0.6 is 15.9 Å². The molecule has 0 saturated carbocycles. The van der Waals surface area contributed by atoms with E-state index in [1.807, 2.05) is 18.2 Å². The highest BCUT2D eigenvalue weighted by molar-refractivity contribution is 9.10. The number of hydrogen-bond donors (Lipinski definition) is 0. The van der Waals surface area contributed by atoms with Gasteiger partial charge in [-0.1, -0.05) is 18.2 Å². The number of para-hydroxylation sites is 1. The summed E-state index contributed by atoms with van der Waals surface area (Å²) >= 11 is 3.15. The van der Waals surface area contributed by atoms with Gasteiger partial charge in [-0.25, -0.2) is 4.39 Å². The summed E-state index contributed by atoms with van der Waals surface area (Å²) in [6, 6.07) is 12.6. The van der Waals surface area contributed by atoms with E-state index in [1.165, 1.54) is 11.6 Å². The lowest BCUT2D eigenvalue weighted by Gasteiger charge is -2.11. The van der Waals surface area contributed by atoms with Crippen LogP contribution in [-0.2, 0) is 0 Å². The smallest absolute Gasteiger partial charge is 0.137 e. The zero-order valence-electron chi connectivity index (χ0n) is 10.1. The van der Waals surface area contributed by atoms with Crippen LogP contribution in [0.1, 0.15) is 11.5 Å². The summed E-state index contributed by atoms with van der Waals surface area (Å²) in [5.74, 6) is 1.51. The van der Waals surface area contributed by atoms with Crippen LogP contribution in [0.5, 0.6) is 11.5 Å². The minimum atomic E-state index is -0.290. The number of hydrogen-bond acceptors (Lipinski definition) is 2. The van der Waals surface area contributed by atoms with Crippen molar-refractivity contribution in [1.82, 2.24) is 0 Å². The van der Waals surface area contributed by atoms with Gasteiger partial charge in [-0.2, -0.15) is 0 Å². The Morgan fingerprint density at radius 3 is 2.95 bits per heavy atom. The fraction of sp³-hybridized carbons (Fsp3) is 0.200. The Labute approximate surface area is 119 Å². The molecule has 0 saturated heterocycles. The lowest BCUT2D eigenvalue weighted by Crippen LogP contribution is -2.11. The highest BCUT2D eigenvalue weighted by atomic mass is 79.9. The van der Waals surface area contributed by atoms with E-state index in [-0.39, 0.29) is 11.7 Å². The van der Waals surface area contributed by atoms with Gasteiger partial charge in [-0.05, 0) is 40.2 Å². The third kappa shape index (κ3) is 2.59. The second-order valence-corrected chi connectivity index (χ2v) is 5.29. The van der Waals surface area contributed by atoms with Gasteiger partial charge in [-0.3, -0.25) is 0 Å². The van der Waals surface area contributed by atoms with Crippen molar-refractivity contribution in [3.8, 4) is 11.5 Å². The van der Waals surface area contributed by atoms with Gasteiger partial charge in [0.1, 0.15) is 17.3 Å². The molecule has 0 bridgehead atoms. The molecule has 1 aliphatic rings. The van der Waals surface area contributed by atoms with Crippen molar-refractivity contribution in [2.75, 3.05) is 13.2 Å². The van der Waals surface area contributed by atoms with Crippen LogP contribution in [-0.4, -0.2) is 13.2 Å². The number of fused-ring (bicyclic) bond motifs is 1. The highest BCUT2D eigenvalue weighted by Gasteiger charge is 2.24. The van der Waals surface area contributed by atoms with Gasteiger partial charge in [0.25, 0.3) is 0 Å². The summed E-state index contributed by atoms with van der Waals surface area (Å²) < 4.78 is 24.8. The van der Waals surface area contributed by atoms with E-state index in [1.54, 1.807) is 12.1 Å². The van der Waals surface area contributed by atoms with E-state index >= 15 is 0 Å². The monoisotopic (exact) mass is 322 g/mol. The van der Waals surface area contributed by atoms with Crippen molar-refractivity contribution in [1.29, 1.82) is 0 Å². The summed E-state index contributed by atoms with van der Waals surface area (Å²) in [4.78, 5) is 0. The van der Waals surface area contributed by atoms with E-state index in [2.05, 4.69) is 22.0 Å². The SMILES string of the molecule is Fc1ccc(OCC2COc3ccccc32)cc1Br. The van der Waals surface area contributed by atoms with E-state index in [0.717, 1.165) is 5.75 Å². The Balaban J connectivity index is 1.69. The number of rotatable bonds is 3. The molecule has 0 radical (unpaired) electrons. The van der Waals surface area contributed by atoms with Crippen molar-refractivity contribution >= 4 is 15.9 Å². The summed E-state index contributed by atoms with van der Waals surface area (Å²) in [6.45, 7) is 1.15. The van der Waals surface area contributed by atoms with Crippen LogP contribution in [0, 0.1) is 5.82 Å². The maximum absolute atomic E-state index is 13.1. The molecule has 1 atom stereocenters. The predicted octanol–water partition coefficient (Wildman–Crippen LogP) is 4.14. The molecule has 19 heavy (non-hydrogen) atoms. The molecule has 1 heterocycles. The first-order chi connectivity index (χ1) is 9.24. The molecular weight excluding hydrogens is 311 g/mol. The van der Waals surface area contributed by atoms with Crippen LogP contribution in [0.3, 0.4) is 0 Å². The lowest BCUT2D eigenvalue weighted by atomic mass is 10.0. The fourth-order valence-corrected chi connectivity index (χ4v) is 2.49. The molecule has 0 fully saturated rings. The molecule has 4 heteroatoms. The maximum Gasteiger partial charge on any atom is 0.137 e. The second-order valence-electron chi connectivity index (χ2n) is 4.43. The zero-order valence-corrected chi connectivity index (χ0v) is 11.7. The van der Waals surface area contributed by atoms with E-state index < -0.39 is 0 Å². The van der Waals surface area contributed by atoms with E-state index in [9.17, 15) is 4.39 Å². The molecule has 2 aromatic carbocycles. The minimum absolute atomic E-state index is 0.222. The first-order valence-corrected chi connectivity index (χ1v) is 6.83. The van der Waals surface area contributed by atoms with Crippen LogP contribution in [0.2, 0.25) is 0 Å². The van der Waals surface area contributed by atoms with Crippen molar-refractivity contribution < 1.29 is 13.9 Å². The molecule has 0 spiro atoms. The van der Waals surface area contributed by atoms with Gasteiger partial charge in [0.15, 0.2) is 0 Å². The maximum atomic E-state index is 13.1. The molecule has 1 aliphatic heterocycles. The van der Waals surface area contributed by atoms with Gasteiger partial charge in [-0.15, -0.1) is 0 Å². The van der Waals surface area contributed by atoms with Crippen molar-refractivity contribution in [2.24, 2.45) is 0 Å². The Kier molecular flexibility index (Phi) is 3.42. The number of halogens is 2. The second kappa shape index (κ2) is 5.21. The first-order valence-electron chi connectivity index (χ1n) is 6.03. The topological polar surface area (TPSA) is 18.5 Å². The highest BCUT2D eigenvalue weighted by Crippen LogP contribution is 2.34. The minimum Gasteiger partial charge on any atom is -0.493 e. The van der Waals surface area contributed by atoms with Crippen molar-refractivity contribution in [3.63, 3.8) is 0 Å². The molecular formula is C15H12BrFO2. The lowest BCUT2D eigenvalue weighted by molar-refractivity contribution is 0.248. The fourth-order valence-electron chi connectivity index (χ4n) is 2.13. The summed E-state index contributed by atoms with van der Waals surface area (Å²) in [7, 11) is 0. The molecule has 0 aromatic heterocycles. The van der Waals surface area contributed by atoms with Gasteiger partial charge < -0.3 is 9.47 Å². The quantitative estimate of drug-likeness (QED) is 0.845. The van der Waals surface area contributed by atoms with E-state index in [0.29, 0.717) is 23.4 Å². The molecule has 98 valence electrons. The number of benzene rings is 2. The Morgan fingerprint density at radius 1 is 1.26 bits per heavy atom. The molecule has 1 unspecified atom stereocenters. The van der Waals surface area contributed by atoms with Gasteiger partial charge in [0.2, 0.25) is 0 Å². The van der Waals surface area contributed by atoms with Crippen molar-refractivity contribution in [3.05, 3.63) is 58.3 Å². The Bertz CT molecular complexity index is 600. The summed E-state index contributed by atoms with van der Waals surface area (Å²) in [5.41, 5.74) is 1.17. The normalized spacial score (nSPS) is 16.8. The van der Waals surface area contributed by atoms with Crippen LogP contribution in [0.25, 0.3) is 0 Å². The number of ether oxygens (including phenoxy) is 2. The van der Waals surface area contributed by atoms with Gasteiger partial charge in [0, 0.05) is 5.56 Å². The van der Waals surface area contributed by atoms with Gasteiger partial charge >= 0.3 is 0 Å². The van der Waals surface area contributed by atoms with Crippen molar-refractivity contribution in [2.45, 2.75) is 5.92 Å². The summed E-state index contributed by atoms with van der Waals surface area (Å²) in [5, 5.41) is 0. The zero-order chi connectivity index (χ0) is 13.2. The summed E-state index contributed by atoms with van der Waals surface area (Å²) in [6.07, 6.45) is 0. The first kappa shape index (κ1) is 12.5. The van der Waals surface area contributed by atoms with Gasteiger partial charge in [0.05, 0.1) is 23.6 Å². The third-order valence-corrected chi connectivity index (χ3v) is 3.75. The van der Waals surface area contributed by atoms with E-state index in [4.69, 9.17) is 9.47 Å². The Morgan fingerprint density at radius 2 is 2.11 bits per heavy atom. The molecule has 3 rings (SSSR count). The van der Waals surface area contributed by atoms with Crippen LogP contribution in [0.4, 0.5) is 4.39 Å². The average molecular weight is 323 g/mol. The molecule has 0 aliphatic carbocycles. The molecule has 2 nitrogen and oxygen atoms in total. The predicted molar refractivity (Wildman–Crippen MR) is 74.3 cm³/mol. The van der Waals surface area contributed by atoms with Crippen LogP contribution in [0.15, 0.2) is 46.9 Å².